The summed E-state index contributed by atoms with van der Waals surface area (Å²) in [5.41, 5.74) is -0.636. The summed E-state index contributed by atoms with van der Waals surface area (Å²) in [6, 6.07) is -0.858. The first-order chi connectivity index (χ1) is 10.3. The third-order valence-electron chi connectivity index (χ3n) is 4.11. The second kappa shape index (κ2) is 6.86. The number of aliphatic carboxylic acids is 1. The van der Waals surface area contributed by atoms with Crippen LogP contribution in [0.15, 0.2) is 0 Å². The summed E-state index contributed by atoms with van der Waals surface area (Å²) >= 11 is 0. The van der Waals surface area contributed by atoms with E-state index in [0.29, 0.717) is 13.0 Å². The number of hydrogen-bond donors (Lipinski definition) is 1. The molecule has 0 radical (unpaired) electrons. The van der Waals surface area contributed by atoms with Crippen LogP contribution in [0.25, 0.3) is 0 Å². The number of carboxylic acid groups (broad SMARTS) is 1. The molecule has 1 aliphatic carbocycles. The maximum Gasteiger partial charge on any atom is 0.411 e. The Bertz CT molecular complexity index is 411. The normalized spacial score (nSPS) is 27.0. The van der Waals surface area contributed by atoms with Crippen molar-refractivity contribution in [3.05, 3.63) is 0 Å². The average molecular weight is 313 g/mol. The summed E-state index contributed by atoms with van der Waals surface area (Å²) in [7, 11) is 0. The fraction of sp³-hybridized carbons (Fsp3) is 0.875. The molecule has 1 N–H and O–H groups in total. The third-order valence-corrected chi connectivity index (χ3v) is 4.11. The van der Waals surface area contributed by atoms with Gasteiger partial charge in [-0.2, -0.15) is 0 Å². The van der Waals surface area contributed by atoms with Gasteiger partial charge < -0.3 is 14.6 Å². The van der Waals surface area contributed by atoms with Crippen LogP contribution in [0.5, 0.6) is 0 Å². The highest BCUT2D eigenvalue weighted by atomic mass is 16.6. The highest BCUT2D eigenvalue weighted by Gasteiger charge is 2.42. The van der Waals surface area contributed by atoms with Crippen molar-refractivity contribution in [1.82, 2.24) is 4.90 Å². The van der Waals surface area contributed by atoms with Crippen LogP contribution in [-0.2, 0) is 14.3 Å². The highest BCUT2D eigenvalue weighted by Crippen LogP contribution is 2.28. The predicted octanol–water partition coefficient (Wildman–Crippen LogP) is 2.80. The maximum atomic E-state index is 12.2. The first kappa shape index (κ1) is 17.1. The maximum absolute atomic E-state index is 12.2. The van der Waals surface area contributed by atoms with E-state index in [1.807, 2.05) is 0 Å². The molecule has 0 aromatic rings. The van der Waals surface area contributed by atoms with Gasteiger partial charge in [0, 0.05) is 6.42 Å². The molecule has 1 saturated carbocycles. The number of carbonyl (C=O) groups is 2. The van der Waals surface area contributed by atoms with E-state index in [-0.39, 0.29) is 12.2 Å². The number of rotatable bonds is 3. The summed E-state index contributed by atoms with van der Waals surface area (Å²) in [5.74, 6) is -0.999. The van der Waals surface area contributed by atoms with E-state index in [4.69, 9.17) is 9.47 Å². The first-order valence-electron chi connectivity index (χ1n) is 8.14. The summed E-state index contributed by atoms with van der Waals surface area (Å²) in [4.78, 5) is 24.9. The van der Waals surface area contributed by atoms with Crippen molar-refractivity contribution >= 4 is 12.1 Å². The molecule has 0 bridgehead atoms. The van der Waals surface area contributed by atoms with Crippen LogP contribution in [0.4, 0.5) is 4.79 Å². The van der Waals surface area contributed by atoms with E-state index in [1.54, 1.807) is 20.8 Å². The largest absolute Gasteiger partial charge is 0.480 e. The van der Waals surface area contributed by atoms with E-state index in [0.717, 1.165) is 25.7 Å². The first-order valence-corrected chi connectivity index (χ1v) is 8.14. The molecule has 2 aliphatic rings. The summed E-state index contributed by atoms with van der Waals surface area (Å²) in [6.07, 6.45) is 5.38. The van der Waals surface area contributed by atoms with Crippen LogP contribution in [0, 0.1) is 0 Å². The van der Waals surface area contributed by atoms with Crippen molar-refractivity contribution < 1.29 is 24.2 Å². The molecular weight excluding hydrogens is 286 g/mol. The zero-order valence-corrected chi connectivity index (χ0v) is 13.7. The van der Waals surface area contributed by atoms with Gasteiger partial charge in [-0.15, -0.1) is 0 Å². The van der Waals surface area contributed by atoms with Gasteiger partial charge in [-0.25, -0.2) is 9.59 Å². The molecule has 1 saturated heterocycles. The lowest BCUT2D eigenvalue weighted by molar-refractivity contribution is -0.142. The molecule has 0 aromatic heterocycles. The van der Waals surface area contributed by atoms with Crippen LogP contribution in [-0.4, -0.2) is 52.5 Å². The van der Waals surface area contributed by atoms with Crippen LogP contribution >= 0.6 is 0 Å². The Morgan fingerprint density at radius 1 is 1.09 bits per heavy atom. The van der Waals surface area contributed by atoms with E-state index >= 15 is 0 Å². The molecule has 0 aromatic carbocycles. The number of ether oxygens (including phenoxy) is 2. The SMILES string of the molecule is CC(C)(C)OC(=O)N1C[C@H](OC2CCCCC2)C[C@H]1C(=O)O. The monoisotopic (exact) mass is 313 g/mol. The zero-order valence-electron chi connectivity index (χ0n) is 13.7. The minimum Gasteiger partial charge on any atom is -0.480 e. The fourth-order valence-corrected chi connectivity index (χ4v) is 3.13. The predicted molar refractivity (Wildman–Crippen MR) is 80.7 cm³/mol. The molecule has 1 heterocycles. The molecule has 0 unspecified atom stereocenters. The minimum absolute atomic E-state index is 0.201. The van der Waals surface area contributed by atoms with Crippen LogP contribution < -0.4 is 0 Å². The molecule has 1 aliphatic heterocycles. The van der Waals surface area contributed by atoms with Gasteiger partial charge in [0.2, 0.25) is 0 Å². The lowest BCUT2D eigenvalue weighted by Crippen LogP contribution is -2.43. The third kappa shape index (κ3) is 4.60. The Morgan fingerprint density at radius 2 is 1.73 bits per heavy atom. The molecule has 6 nitrogen and oxygen atoms in total. The Balaban J connectivity index is 1.96. The molecular formula is C16H27NO5. The van der Waals surface area contributed by atoms with E-state index in [1.165, 1.54) is 11.3 Å². The molecule has 2 atom stereocenters. The molecule has 1 amide bonds. The summed E-state index contributed by atoms with van der Waals surface area (Å²) in [6.45, 7) is 5.61. The standard InChI is InChI=1S/C16H27NO5/c1-16(2,3)22-15(20)17-10-12(9-13(17)14(18)19)21-11-7-5-4-6-8-11/h11-13H,4-10H2,1-3H3,(H,18,19)/t12-,13+/m1/s1. The Kier molecular flexibility index (Phi) is 5.32. The van der Waals surface area contributed by atoms with Gasteiger partial charge in [0.15, 0.2) is 0 Å². The van der Waals surface area contributed by atoms with Crippen LogP contribution in [0.3, 0.4) is 0 Å². The highest BCUT2D eigenvalue weighted by molar-refractivity contribution is 5.81. The fourth-order valence-electron chi connectivity index (χ4n) is 3.13. The molecule has 0 spiro atoms. The lowest BCUT2D eigenvalue weighted by Gasteiger charge is -2.27. The van der Waals surface area contributed by atoms with Gasteiger partial charge in [0.05, 0.1) is 18.8 Å². The van der Waals surface area contributed by atoms with Gasteiger partial charge in [-0.1, -0.05) is 19.3 Å². The van der Waals surface area contributed by atoms with Crippen molar-refractivity contribution in [3.8, 4) is 0 Å². The number of likely N-dealkylation sites (tertiary alicyclic amines) is 1. The van der Waals surface area contributed by atoms with Crippen molar-refractivity contribution in [2.75, 3.05) is 6.54 Å². The summed E-state index contributed by atoms with van der Waals surface area (Å²) in [5, 5.41) is 9.35. The number of carboxylic acids is 1. The van der Waals surface area contributed by atoms with Crippen LogP contribution in [0.1, 0.15) is 59.3 Å². The molecule has 2 fully saturated rings. The average Bonchev–Trinajstić information content (AvgIpc) is 2.82. The molecule has 22 heavy (non-hydrogen) atoms. The number of carbonyl (C=O) groups excluding carboxylic acids is 1. The quantitative estimate of drug-likeness (QED) is 0.867. The number of hydrogen-bond acceptors (Lipinski definition) is 4. The van der Waals surface area contributed by atoms with Crippen molar-refractivity contribution in [2.24, 2.45) is 0 Å². The Hall–Kier alpha value is -1.30. The van der Waals surface area contributed by atoms with Gasteiger partial charge in [0.25, 0.3) is 0 Å². The minimum atomic E-state index is -0.999. The molecule has 126 valence electrons. The molecule has 6 heteroatoms. The van der Waals surface area contributed by atoms with Crippen molar-refractivity contribution in [3.63, 3.8) is 0 Å². The van der Waals surface area contributed by atoms with Gasteiger partial charge in [0.1, 0.15) is 11.6 Å². The Morgan fingerprint density at radius 3 is 2.27 bits per heavy atom. The van der Waals surface area contributed by atoms with E-state index in [2.05, 4.69) is 0 Å². The number of amides is 1. The topological polar surface area (TPSA) is 76.1 Å². The Labute approximate surface area is 131 Å². The lowest BCUT2D eigenvalue weighted by atomic mass is 9.97. The summed E-state index contributed by atoms with van der Waals surface area (Å²) < 4.78 is 11.3. The van der Waals surface area contributed by atoms with Crippen molar-refractivity contribution in [1.29, 1.82) is 0 Å². The second-order valence-corrected chi connectivity index (χ2v) is 7.24. The van der Waals surface area contributed by atoms with Crippen LogP contribution in [0.2, 0.25) is 0 Å². The smallest absolute Gasteiger partial charge is 0.411 e. The van der Waals surface area contributed by atoms with E-state index < -0.39 is 23.7 Å². The van der Waals surface area contributed by atoms with Gasteiger partial charge in [-0.05, 0) is 33.6 Å². The van der Waals surface area contributed by atoms with Gasteiger partial charge >= 0.3 is 12.1 Å². The molecule has 2 rings (SSSR count). The van der Waals surface area contributed by atoms with Crippen molar-refractivity contribution in [2.45, 2.75) is 83.1 Å². The van der Waals surface area contributed by atoms with E-state index in [9.17, 15) is 14.7 Å². The number of nitrogens with zero attached hydrogens (tertiary/aromatic N) is 1. The second-order valence-electron chi connectivity index (χ2n) is 7.24. The zero-order chi connectivity index (χ0) is 16.3. The van der Waals surface area contributed by atoms with Gasteiger partial charge in [-0.3, -0.25) is 4.90 Å².